The maximum absolute atomic E-state index is 6.00. The molecule has 0 spiro atoms. The molecule has 1 aliphatic carbocycles. The monoisotopic (exact) mass is 224 g/mol. The molecule has 3 rings (SSSR count). The molecule has 0 saturated carbocycles. The summed E-state index contributed by atoms with van der Waals surface area (Å²) in [5.41, 5.74) is 3.72. The Labute approximate surface area is 102 Å². The third-order valence-electron chi connectivity index (χ3n) is 3.42. The maximum atomic E-state index is 6.00. The van der Waals surface area contributed by atoms with Crippen LogP contribution in [0.4, 0.5) is 0 Å². The van der Waals surface area contributed by atoms with Crippen molar-refractivity contribution in [2.24, 2.45) is 0 Å². The SMILES string of the molecule is C=C(C)C1C2=C(CCC=C2)Oc2ccccc21. The molecule has 86 valence electrons. The van der Waals surface area contributed by atoms with Gasteiger partial charge in [0.25, 0.3) is 0 Å². The van der Waals surface area contributed by atoms with Gasteiger partial charge in [0.1, 0.15) is 11.5 Å². The Morgan fingerprint density at radius 2 is 2.18 bits per heavy atom. The zero-order chi connectivity index (χ0) is 11.8. The van der Waals surface area contributed by atoms with Crippen LogP contribution in [0.1, 0.15) is 31.2 Å². The molecule has 1 aromatic carbocycles. The van der Waals surface area contributed by atoms with Gasteiger partial charge in [0.2, 0.25) is 0 Å². The molecule has 17 heavy (non-hydrogen) atoms. The highest BCUT2D eigenvalue weighted by Crippen LogP contribution is 2.45. The third-order valence-corrected chi connectivity index (χ3v) is 3.42. The van der Waals surface area contributed by atoms with Crippen LogP contribution >= 0.6 is 0 Å². The van der Waals surface area contributed by atoms with Gasteiger partial charge in [-0.05, 0) is 19.4 Å². The van der Waals surface area contributed by atoms with E-state index in [0.717, 1.165) is 24.4 Å². The number of fused-ring (bicyclic) bond motifs is 1. The van der Waals surface area contributed by atoms with Crippen LogP contribution in [-0.2, 0) is 0 Å². The van der Waals surface area contributed by atoms with E-state index in [1.807, 2.05) is 12.1 Å². The van der Waals surface area contributed by atoms with Crippen molar-refractivity contribution in [2.75, 3.05) is 0 Å². The van der Waals surface area contributed by atoms with Crippen LogP contribution in [0.2, 0.25) is 0 Å². The summed E-state index contributed by atoms with van der Waals surface area (Å²) in [5, 5.41) is 0. The van der Waals surface area contributed by atoms with Gasteiger partial charge in [-0.15, -0.1) is 0 Å². The molecule has 0 fully saturated rings. The van der Waals surface area contributed by atoms with Crippen molar-refractivity contribution in [3.05, 3.63) is 65.5 Å². The molecule has 0 bridgehead atoms. The van der Waals surface area contributed by atoms with Crippen molar-refractivity contribution in [3.8, 4) is 5.75 Å². The van der Waals surface area contributed by atoms with Crippen molar-refractivity contribution in [1.29, 1.82) is 0 Å². The number of rotatable bonds is 1. The molecule has 1 aliphatic heterocycles. The quantitative estimate of drug-likeness (QED) is 0.645. The molecule has 0 amide bonds. The Hall–Kier alpha value is -1.76. The first kappa shape index (κ1) is 10.4. The van der Waals surface area contributed by atoms with Crippen LogP contribution in [0, 0.1) is 0 Å². The zero-order valence-electron chi connectivity index (χ0n) is 10.1. The summed E-state index contributed by atoms with van der Waals surface area (Å²) in [5.74, 6) is 2.42. The van der Waals surface area contributed by atoms with Crippen molar-refractivity contribution < 1.29 is 4.74 Å². The van der Waals surface area contributed by atoms with E-state index in [1.54, 1.807) is 0 Å². The summed E-state index contributed by atoms with van der Waals surface area (Å²) in [4.78, 5) is 0. The number of allylic oxidation sites excluding steroid dienone is 5. The first-order valence-electron chi connectivity index (χ1n) is 6.09. The fourth-order valence-corrected chi connectivity index (χ4v) is 2.67. The Morgan fingerprint density at radius 1 is 1.35 bits per heavy atom. The minimum absolute atomic E-state index is 0.298. The molecule has 1 aromatic rings. The fourth-order valence-electron chi connectivity index (χ4n) is 2.67. The molecule has 0 aromatic heterocycles. The second kappa shape index (κ2) is 3.92. The highest BCUT2D eigenvalue weighted by atomic mass is 16.5. The highest BCUT2D eigenvalue weighted by molar-refractivity contribution is 5.53. The first-order chi connectivity index (χ1) is 8.27. The fraction of sp³-hybridized carbons (Fsp3) is 0.250. The largest absolute Gasteiger partial charge is 0.461 e. The lowest BCUT2D eigenvalue weighted by Crippen LogP contribution is -2.17. The van der Waals surface area contributed by atoms with Crippen LogP contribution in [-0.4, -0.2) is 0 Å². The summed E-state index contributed by atoms with van der Waals surface area (Å²) in [6, 6.07) is 8.28. The molecule has 2 aliphatic rings. The molecular formula is C16H16O. The topological polar surface area (TPSA) is 9.23 Å². The van der Waals surface area contributed by atoms with Gasteiger partial charge < -0.3 is 4.74 Å². The van der Waals surface area contributed by atoms with E-state index < -0.39 is 0 Å². The van der Waals surface area contributed by atoms with Gasteiger partial charge in [-0.3, -0.25) is 0 Å². The van der Waals surface area contributed by atoms with Crippen LogP contribution in [0.25, 0.3) is 0 Å². The summed E-state index contributed by atoms with van der Waals surface area (Å²) in [6.45, 7) is 6.24. The minimum Gasteiger partial charge on any atom is -0.461 e. The van der Waals surface area contributed by atoms with E-state index in [4.69, 9.17) is 4.74 Å². The van der Waals surface area contributed by atoms with E-state index in [-0.39, 0.29) is 0 Å². The van der Waals surface area contributed by atoms with Gasteiger partial charge in [-0.2, -0.15) is 0 Å². The number of ether oxygens (including phenoxy) is 1. The molecule has 0 N–H and O–H groups in total. The molecule has 1 unspecified atom stereocenters. The Balaban J connectivity index is 2.17. The van der Waals surface area contributed by atoms with Gasteiger partial charge in [0, 0.05) is 23.5 Å². The van der Waals surface area contributed by atoms with Gasteiger partial charge >= 0.3 is 0 Å². The van der Waals surface area contributed by atoms with E-state index >= 15 is 0 Å². The molecule has 1 nitrogen and oxygen atoms in total. The lowest BCUT2D eigenvalue weighted by Gasteiger charge is -2.31. The second-order valence-corrected chi connectivity index (χ2v) is 4.74. The Kier molecular flexibility index (Phi) is 2.40. The maximum Gasteiger partial charge on any atom is 0.131 e. The summed E-state index contributed by atoms with van der Waals surface area (Å²) in [7, 11) is 0. The number of benzene rings is 1. The smallest absolute Gasteiger partial charge is 0.131 e. The average molecular weight is 224 g/mol. The third kappa shape index (κ3) is 1.62. The Bertz CT molecular complexity index is 534. The molecule has 0 saturated heterocycles. The molecular weight excluding hydrogens is 208 g/mol. The van der Waals surface area contributed by atoms with Crippen LogP contribution in [0.5, 0.6) is 5.75 Å². The molecule has 1 heterocycles. The lowest BCUT2D eigenvalue weighted by molar-refractivity contribution is 0.375. The van der Waals surface area contributed by atoms with Crippen molar-refractivity contribution in [3.63, 3.8) is 0 Å². The van der Waals surface area contributed by atoms with Crippen LogP contribution < -0.4 is 4.74 Å². The van der Waals surface area contributed by atoms with Gasteiger partial charge in [-0.1, -0.05) is 42.5 Å². The zero-order valence-corrected chi connectivity index (χ0v) is 10.1. The number of para-hydroxylation sites is 1. The predicted octanol–water partition coefficient (Wildman–Crippen LogP) is 4.34. The van der Waals surface area contributed by atoms with E-state index in [2.05, 4.69) is 37.8 Å². The van der Waals surface area contributed by atoms with Crippen molar-refractivity contribution in [1.82, 2.24) is 0 Å². The average Bonchev–Trinajstić information content (AvgIpc) is 2.35. The molecule has 0 radical (unpaired) electrons. The molecule has 1 heteroatoms. The predicted molar refractivity (Wildman–Crippen MR) is 70.0 cm³/mol. The molecule has 1 atom stereocenters. The Morgan fingerprint density at radius 3 is 3.00 bits per heavy atom. The van der Waals surface area contributed by atoms with Crippen LogP contribution in [0.15, 0.2) is 59.9 Å². The van der Waals surface area contributed by atoms with Crippen LogP contribution in [0.3, 0.4) is 0 Å². The summed E-state index contributed by atoms with van der Waals surface area (Å²) >= 11 is 0. The van der Waals surface area contributed by atoms with Gasteiger partial charge in [0.05, 0.1) is 0 Å². The standard InChI is InChI=1S/C16H16O/c1-11(2)16-12-7-3-5-9-14(12)17-15-10-6-4-8-13(15)16/h3-5,7-9,16H,1,6,10H2,2H3. The number of hydrogen-bond donors (Lipinski definition) is 0. The summed E-state index contributed by atoms with van der Waals surface area (Å²) in [6.07, 6.45) is 6.51. The van der Waals surface area contributed by atoms with E-state index in [0.29, 0.717) is 5.92 Å². The van der Waals surface area contributed by atoms with Crippen molar-refractivity contribution in [2.45, 2.75) is 25.7 Å². The van der Waals surface area contributed by atoms with Gasteiger partial charge in [0.15, 0.2) is 0 Å². The number of hydrogen-bond acceptors (Lipinski definition) is 1. The van der Waals surface area contributed by atoms with E-state index in [1.165, 1.54) is 16.7 Å². The van der Waals surface area contributed by atoms with Gasteiger partial charge in [-0.25, -0.2) is 0 Å². The minimum atomic E-state index is 0.298. The lowest BCUT2D eigenvalue weighted by atomic mass is 9.81. The highest BCUT2D eigenvalue weighted by Gasteiger charge is 2.29. The first-order valence-corrected chi connectivity index (χ1v) is 6.09. The normalized spacial score (nSPS) is 21.6. The van der Waals surface area contributed by atoms with Crippen molar-refractivity contribution >= 4 is 0 Å². The summed E-state index contributed by atoms with van der Waals surface area (Å²) < 4.78 is 6.00. The van der Waals surface area contributed by atoms with E-state index in [9.17, 15) is 0 Å². The second-order valence-electron chi connectivity index (χ2n) is 4.74.